The van der Waals surface area contributed by atoms with Crippen molar-refractivity contribution in [1.29, 1.82) is 0 Å². The van der Waals surface area contributed by atoms with Crippen molar-refractivity contribution in [3.05, 3.63) is 37.0 Å². The van der Waals surface area contributed by atoms with Gasteiger partial charge >= 0.3 is 0 Å². The van der Waals surface area contributed by atoms with Crippen LogP contribution in [0.25, 0.3) is 0 Å². The Hall–Kier alpha value is -1.11. The van der Waals surface area contributed by atoms with Gasteiger partial charge in [0.25, 0.3) is 0 Å². The minimum atomic E-state index is 0.00876. The largest absolute Gasteiger partial charge is 0.303 e. The van der Waals surface area contributed by atoms with Crippen LogP contribution >= 0.6 is 0 Å². The lowest BCUT2D eigenvalue weighted by molar-refractivity contribution is -0.109. The van der Waals surface area contributed by atoms with Crippen molar-refractivity contribution in [2.24, 2.45) is 5.92 Å². The highest BCUT2D eigenvalue weighted by atomic mass is 16.1. The second-order valence-electron chi connectivity index (χ2n) is 2.00. The highest BCUT2D eigenvalue weighted by molar-refractivity contribution is 5.55. The van der Waals surface area contributed by atoms with Gasteiger partial charge in [-0.3, -0.25) is 0 Å². The molecule has 0 aliphatic rings. The third-order valence-corrected chi connectivity index (χ3v) is 0.988. The van der Waals surface area contributed by atoms with Crippen LogP contribution in [0.3, 0.4) is 0 Å². The predicted molar refractivity (Wildman–Crippen MR) is 43.7 cm³/mol. The van der Waals surface area contributed by atoms with E-state index in [1.807, 2.05) is 31.2 Å². The van der Waals surface area contributed by atoms with E-state index in [2.05, 4.69) is 6.58 Å². The molecule has 1 atom stereocenters. The van der Waals surface area contributed by atoms with Gasteiger partial charge in [0.2, 0.25) is 0 Å². The second-order valence-corrected chi connectivity index (χ2v) is 2.00. The number of allylic oxidation sites excluding steroid dienone is 5. The maximum atomic E-state index is 10.1. The van der Waals surface area contributed by atoms with Gasteiger partial charge in [-0.25, -0.2) is 0 Å². The van der Waals surface area contributed by atoms with Crippen LogP contribution < -0.4 is 0 Å². The van der Waals surface area contributed by atoms with Crippen molar-refractivity contribution < 1.29 is 4.79 Å². The molecule has 10 heavy (non-hydrogen) atoms. The number of rotatable bonds is 4. The Morgan fingerprint density at radius 2 is 2.00 bits per heavy atom. The third kappa shape index (κ3) is 5.04. The maximum absolute atomic E-state index is 10.1. The molecular formula is C9H12O. The lowest BCUT2D eigenvalue weighted by atomic mass is 10.2. The van der Waals surface area contributed by atoms with Crippen molar-refractivity contribution >= 4 is 6.29 Å². The van der Waals surface area contributed by atoms with E-state index in [1.165, 1.54) is 0 Å². The molecule has 0 aliphatic carbocycles. The Bertz CT molecular complexity index is 154. The van der Waals surface area contributed by atoms with Gasteiger partial charge in [0.15, 0.2) is 0 Å². The van der Waals surface area contributed by atoms with Crippen molar-refractivity contribution in [1.82, 2.24) is 0 Å². The van der Waals surface area contributed by atoms with Crippen LogP contribution in [0.2, 0.25) is 0 Å². The number of hydrogen-bond acceptors (Lipinski definition) is 1. The summed E-state index contributed by atoms with van der Waals surface area (Å²) in [4.78, 5) is 10.1. The molecule has 1 nitrogen and oxygen atoms in total. The molecule has 1 heteroatoms. The summed E-state index contributed by atoms with van der Waals surface area (Å²) < 4.78 is 0. The van der Waals surface area contributed by atoms with Crippen LogP contribution in [0, 0.1) is 5.92 Å². The van der Waals surface area contributed by atoms with Crippen LogP contribution in [0.5, 0.6) is 0 Å². The molecule has 0 amide bonds. The average molecular weight is 136 g/mol. The average Bonchev–Trinajstić information content (AvgIpc) is 1.98. The molecule has 0 bridgehead atoms. The van der Waals surface area contributed by atoms with Crippen LogP contribution in [-0.2, 0) is 4.79 Å². The summed E-state index contributed by atoms with van der Waals surface area (Å²) in [6.45, 7) is 5.35. The molecule has 0 aliphatic heterocycles. The van der Waals surface area contributed by atoms with Crippen molar-refractivity contribution in [3.8, 4) is 0 Å². The van der Waals surface area contributed by atoms with E-state index in [0.717, 1.165) is 6.29 Å². The second kappa shape index (κ2) is 6.02. The SMILES string of the molecule is C=CC=C/C=C\C(C)C=O. The summed E-state index contributed by atoms with van der Waals surface area (Å²) in [5.41, 5.74) is 0. The van der Waals surface area contributed by atoms with Crippen LogP contribution in [0.1, 0.15) is 6.92 Å². The topological polar surface area (TPSA) is 17.1 Å². The Morgan fingerprint density at radius 3 is 2.50 bits per heavy atom. The number of hydrogen-bond donors (Lipinski definition) is 0. The van der Waals surface area contributed by atoms with Crippen molar-refractivity contribution in [2.45, 2.75) is 6.92 Å². The Balaban J connectivity index is 3.64. The lowest BCUT2D eigenvalue weighted by Crippen LogP contribution is -1.87. The number of aldehydes is 1. The zero-order chi connectivity index (χ0) is 7.82. The molecule has 54 valence electrons. The fourth-order valence-corrected chi connectivity index (χ4v) is 0.427. The highest BCUT2D eigenvalue weighted by Gasteiger charge is 1.87. The first-order valence-electron chi connectivity index (χ1n) is 3.22. The van der Waals surface area contributed by atoms with Crippen LogP contribution in [0.4, 0.5) is 0 Å². The van der Waals surface area contributed by atoms with Gasteiger partial charge in [-0.2, -0.15) is 0 Å². The summed E-state index contributed by atoms with van der Waals surface area (Å²) in [5, 5.41) is 0. The first kappa shape index (κ1) is 8.89. The van der Waals surface area contributed by atoms with Gasteiger partial charge < -0.3 is 4.79 Å². The Labute approximate surface area is 61.8 Å². The fourth-order valence-electron chi connectivity index (χ4n) is 0.427. The molecule has 0 radical (unpaired) electrons. The molecule has 0 saturated heterocycles. The van der Waals surface area contributed by atoms with E-state index >= 15 is 0 Å². The molecule has 0 spiro atoms. The van der Waals surface area contributed by atoms with Gasteiger partial charge in [0, 0.05) is 5.92 Å². The quantitative estimate of drug-likeness (QED) is 0.427. The molecule has 0 aromatic heterocycles. The maximum Gasteiger partial charge on any atom is 0.126 e. The van der Waals surface area contributed by atoms with Crippen molar-refractivity contribution in [2.75, 3.05) is 0 Å². The minimum Gasteiger partial charge on any atom is -0.303 e. The van der Waals surface area contributed by atoms with Crippen LogP contribution in [-0.4, -0.2) is 6.29 Å². The number of carbonyl (C=O) groups is 1. The number of carbonyl (C=O) groups excluding carboxylic acids is 1. The first-order valence-corrected chi connectivity index (χ1v) is 3.22. The molecule has 0 aromatic rings. The van der Waals surface area contributed by atoms with Gasteiger partial charge in [0.1, 0.15) is 6.29 Å². The fraction of sp³-hybridized carbons (Fsp3) is 0.222. The molecule has 0 N–H and O–H groups in total. The van der Waals surface area contributed by atoms with E-state index in [0.29, 0.717) is 0 Å². The lowest BCUT2D eigenvalue weighted by Gasteiger charge is -1.87. The summed E-state index contributed by atoms with van der Waals surface area (Å²) in [6.07, 6.45) is 9.91. The zero-order valence-electron chi connectivity index (χ0n) is 6.16. The van der Waals surface area contributed by atoms with Crippen molar-refractivity contribution in [3.63, 3.8) is 0 Å². The summed E-state index contributed by atoms with van der Waals surface area (Å²) in [5.74, 6) is 0.00876. The smallest absolute Gasteiger partial charge is 0.126 e. The molecular weight excluding hydrogens is 124 g/mol. The molecule has 0 rings (SSSR count). The zero-order valence-corrected chi connectivity index (χ0v) is 6.16. The predicted octanol–water partition coefficient (Wildman–Crippen LogP) is 2.12. The molecule has 0 heterocycles. The Morgan fingerprint density at radius 1 is 1.30 bits per heavy atom. The van der Waals surface area contributed by atoms with E-state index in [4.69, 9.17) is 0 Å². The molecule has 0 aromatic carbocycles. The van der Waals surface area contributed by atoms with E-state index < -0.39 is 0 Å². The van der Waals surface area contributed by atoms with Gasteiger partial charge in [0.05, 0.1) is 0 Å². The summed E-state index contributed by atoms with van der Waals surface area (Å²) in [6, 6.07) is 0. The molecule has 0 saturated carbocycles. The minimum absolute atomic E-state index is 0.00876. The standard InChI is InChI=1S/C9H12O/c1-3-4-5-6-7-9(2)8-10/h3-9H,1H2,2H3/b5-4?,7-6-. The Kier molecular flexibility index (Phi) is 5.35. The summed E-state index contributed by atoms with van der Waals surface area (Å²) in [7, 11) is 0. The monoisotopic (exact) mass is 136 g/mol. The van der Waals surface area contributed by atoms with Gasteiger partial charge in [-0.05, 0) is 0 Å². The third-order valence-electron chi connectivity index (χ3n) is 0.988. The van der Waals surface area contributed by atoms with E-state index in [1.54, 1.807) is 6.08 Å². The molecule has 0 fully saturated rings. The van der Waals surface area contributed by atoms with E-state index in [-0.39, 0.29) is 5.92 Å². The molecule has 1 unspecified atom stereocenters. The first-order chi connectivity index (χ1) is 4.81. The highest BCUT2D eigenvalue weighted by Crippen LogP contribution is 1.91. The van der Waals surface area contributed by atoms with E-state index in [9.17, 15) is 4.79 Å². The van der Waals surface area contributed by atoms with Gasteiger partial charge in [-0.1, -0.05) is 43.9 Å². The van der Waals surface area contributed by atoms with Crippen LogP contribution in [0.15, 0.2) is 37.0 Å². The van der Waals surface area contributed by atoms with Gasteiger partial charge in [-0.15, -0.1) is 0 Å². The summed E-state index contributed by atoms with van der Waals surface area (Å²) >= 11 is 0. The normalized spacial score (nSPS) is 14.1.